The third-order valence-electron chi connectivity index (χ3n) is 2.67. The van der Waals surface area contributed by atoms with E-state index in [1.165, 1.54) is 11.0 Å². The molecule has 96 valence electrons. The summed E-state index contributed by atoms with van der Waals surface area (Å²) in [5.74, 6) is 4.63. The molecule has 0 saturated carbocycles. The summed E-state index contributed by atoms with van der Waals surface area (Å²) in [7, 11) is -3.68. The van der Waals surface area contributed by atoms with Crippen LogP contribution in [0.2, 0.25) is 0 Å². The number of sulfonamides is 1. The van der Waals surface area contributed by atoms with Crippen molar-refractivity contribution in [3.05, 3.63) is 24.3 Å². The van der Waals surface area contributed by atoms with Gasteiger partial charge in [0.1, 0.15) is 17.3 Å². The van der Waals surface area contributed by atoms with Crippen LogP contribution in [0.4, 0.5) is 5.69 Å². The van der Waals surface area contributed by atoms with E-state index in [4.69, 9.17) is 5.84 Å². The van der Waals surface area contributed by atoms with E-state index in [9.17, 15) is 13.2 Å². The molecule has 1 aromatic carbocycles. The Morgan fingerprint density at radius 2 is 2.11 bits per heavy atom. The van der Waals surface area contributed by atoms with Crippen molar-refractivity contribution < 1.29 is 13.2 Å². The van der Waals surface area contributed by atoms with Crippen molar-refractivity contribution >= 4 is 28.0 Å². The Balaban J connectivity index is 2.51. The van der Waals surface area contributed by atoms with Gasteiger partial charge < -0.3 is 4.90 Å². The lowest BCUT2D eigenvalue weighted by Crippen LogP contribution is -2.48. The van der Waals surface area contributed by atoms with Gasteiger partial charge in [0.25, 0.3) is 15.9 Å². The van der Waals surface area contributed by atoms with Crippen LogP contribution in [0.25, 0.3) is 0 Å². The third kappa shape index (κ3) is 1.95. The molecule has 0 radical (unpaired) electrons. The minimum Gasteiger partial charge on any atom is -0.318 e. The van der Waals surface area contributed by atoms with E-state index in [0.29, 0.717) is 5.69 Å². The number of carbonyl (C=O) groups is 1. The van der Waals surface area contributed by atoms with Gasteiger partial charge in [0, 0.05) is 0 Å². The molecule has 0 spiro atoms. The number of hydrogen-bond donors (Lipinski definition) is 2. The summed E-state index contributed by atoms with van der Waals surface area (Å²) in [5, 5.41) is 0. The number of hydrazine groups is 1. The molecule has 1 amide bonds. The summed E-state index contributed by atoms with van der Waals surface area (Å²) >= 11 is 0. The summed E-state index contributed by atoms with van der Waals surface area (Å²) in [5.41, 5.74) is 2.43. The lowest BCUT2D eigenvalue weighted by molar-refractivity contribution is -0.121. The van der Waals surface area contributed by atoms with E-state index in [-0.39, 0.29) is 4.90 Å². The number of benzene rings is 1. The van der Waals surface area contributed by atoms with E-state index >= 15 is 0 Å². The third-order valence-corrected chi connectivity index (χ3v) is 3.94. The summed E-state index contributed by atoms with van der Waals surface area (Å²) in [6, 6.07) is 5.69. The van der Waals surface area contributed by atoms with Gasteiger partial charge in [-0.1, -0.05) is 12.1 Å². The zero-order valence-electron chi connectivity index (χ0n) is 9.57. The van der Waals surface area contributed by atoms with Gasteiger partial charge in [-0.2, -0.15) is 8.42 Å². The number of hydrogen-bond acceptors (Lipinski definition) is 5. The first-order chi connectivity index (χ1) is 8.47. The highest BCUT2D eigenvalue weighted by molar-refractivity contribution is 7.90. The summed E-state index contributed by atoms with van der Waals surface area (Å²) in [6.45, 7) is 1.60. The molecule has 1 aliphatic heterocycles. The first kappa shape index (κ1) is 12.5. The zero-order chi connectivity index (χ0) is 13.3. The minimum absolute atomic E-state index is 0.0733. The molecule has 1 unspecified atom stereocenters. The number of nitrogens with zero attached hydrogens (tertiary/aromatic N) is 2. The van der Waals surface area contributed by atoms with E-state index in [2.05, 4.69) is 4.40 Å². The molecular formula is C10H12N4O3S. The monoisotopic (exact) mass is 268 g/mol. The average molecular weight is 268 g/mol. The first-order valence-electron chi connectivity index (χ1n) is 5.15. The smallest absolute Gasteiger partial charge is 0.285 e. The number of nitrogens with one attached hydrogen (secondary N) is 1. The lowest BCUT2D eigenvalue weighted by atomic mass is 10.2. The standard InChI is InChI=1S/C10H12N4O3S/c1-7(10(15)13-11)14-6-12-18(16,17)9-5-3-2-4-8(9)14/h2-7H,11H2,1H3,(H,13,15). The summed E-state index contributed by atoms with van der Waals surface area (Å²) < 4.78 is 26.9. The van der Waals surface area contributed by atoms with Crippen LogP contribution >= 0.6 is 0 Å². The number of fused-ring (bicyclic) bond motifs is 1. The van der Waals surface area contributed by atoms with Gasteiger partial charge in [0.2, 0.25) is 0 Å². The molecule has 3 N–H and O–H groups in total. The second kappa shape index (κ2) is 4.39. The minimum atomic E-state index is -3.68. The molecule has 0 aromatic heterocycles. The maximum atomic E-state index is 11.7. The zero-order valence-corrected chi connectivity index (χ0v) is 10.4. The molecule has 0 aliphatic carbocycles. The fraction of sp³-hybridized carbons (Fsp3) is 0.200. The molecule has 1 atom stereocenters. The molecule has 0 fully saturated rings. The normalized spacial score (nSPS) is 18.0. The molecule has 18 heavy (non-hydrogen) atoms. The second-order valence-electron chi connectivity index (χ2n) is 3.76. The van der Waals surface area contributed by atoms with Gasteiger partial charge >= 0.3 is 0 Å². The Kier molecular flexibility index (Phi) is 3.05. The van der Waals surface area contributed by atoms with E-state index in [1.54, 1.807) is 25.1 Å². The van der Waals surface area contributed by atoms with Crippen molar-refractivity contribution in [3.63, 3.8) is 0 Å². The van der Waals surface area contributed by atoms with Crippen molar-refractivity contribution in [1.29, 1.82) is 0 Å². The number of anilines is 1. The van der Waals surface area contributed by atoms with Crippen LogP contribution in [-0.2, 0) is 14.8 Å². The van der Waals surface area contributed by atoms with Crippen LogP contribution in [0.15, 0.2) is 33.6 Å². The molecule has 8 heteroatoms. The van der Waals surface area contributed by atoms with Gasteiger partial charge in [-0.05, 0) is 19.1 Å². The van der Waals surface area contributed by atoms with E-state index in [0.717, 1.165) is 6.34 Å². The number of amides is 1. The highest BCUT2D eigenvalue weighted by Crippen LogP contribution is 2.30. The van der Waals surface area contributed by atoms with E-state index in [1.807, 2.05) is 5.43 Å². The number of rotatable bonds is 2. The topological polar surface area (TPSA) is 105 Å². The SMILES string of the molecule is CC(C(=O)NN)N1C=NS(=O)(=O)c2ccccc21. The van der Waals surface area contributed by atoms with Crippen molar-refractivity contribution in [1.82, 2.24) is 5.43 Å². The maximum Gasteiger partial charge on any atom is 0.285 e. The van der Waals surface area contributed by atoms with Gasteiger partial charge in [-0.15, -0.1) is 4.40 Å². The van der Waals surface area contributed by atoms with Gasteiger partial charge in [-0.25, -0.2) is 5.84 Å². The Morgan fingerprint density at radius 3 is 2.78 bits per heavy atom. The summed E-state index contributed by atoms with van der Waals surface area (Å²) in [4.78, 5) is 13.0. The molecule has 1 aliphatic rings. The van der Waals surface area contributed by atoms with Crippen LogP contribution < -0.4 is 16.2 Å². The molecule has 1 aromatic rings. The van der Waals surface area contributed by atoms with Crippen molar-refractivity contribution in [2.45, 2.75) is 17.9 Å². The van der Waals surface area contributed by atoms with Crippen LogP contribution in [-0.4, -0.2) is 26.7 Å². The predicted octanol–water partition coefficient (Wildman–Crippen LogP) is -0.398. The van der Waals surface area contributed by atoms with E-state index < -0.39 is 22.0 Å². The van der Waals surface area contributed by atoms with Gasteiger partial charge in [0.15, 0.2) is 0 Å². The number of nitrogens with two attached hydrogens (primary N) is 1. The highest BCUT2D eigenvalue weighted by Gasteiger charge is 2.29. The Bertz CT molecular complexity index is 611. The molecule has 1 heterocycles. The largest absolute Gasteiger partial charge is 0.318 e. The Hall–Kier alpha value is -1.93. The second-order valence-corrected chi connectivity index (χ2v) is 5.36. The van der Waals surface area contributed by atoms with Crippen molar-refractivity contribution in [3.8, 4) is 0 Å². The number of para-hydroxylation sites is 1. The molecule has 7 nitrogen and oxygen atoms in total. The molecule has 2 rings (SSSR count). The maximum absolute atomic E-state index is 11.7. The molecule has 0 bridgehead atoms. The first-order valence-corrected chi connectivity index (χ1v) is 6.59. The molecule has 0 saturated heterocycles. The predicted molar refractivity (Wildman–Crippen MR) is 66.4 cm³/mol. The molecular weight excluding hydrogens is 256 g/mol. The summed E-state index contributed by atoms with van der Waals surface area (Å²) in [6.07, 6.45) is 1.12. The Morgan fingerprint density at radius 1 is 1.44 bits per heavy atom. The van der Waals surface area contributed by atoms with Gasteiger partial charge in [0.05, 0.1) is 5.69 Å². The van der Waals surface area contributed by atoms with Crippen LogP contribution in [0.3, 0.4) is 0 Å². The number of carbonyl (C=O) groups excluding carboxylic acids is 1. The fourth-order valence-corrected chi connectivity index (χ4v) is 2.70. The van der Waals surface area contributed by atoms with Crippen molar-refractivity contribution in [2.75, 3.05) is 4.90 Å². The van der Waals surface area contributed by atoms with Crippen LogP contribution in [0, 0.1) is 0 Å². The fourth-order valence-electron chi connectivity index (χ4n) is 1.68. The van der Waals surface area contributed by atoms with Gasteiger partial charge in [-0.3, -0.25) is 10.2 Å². The van der Waals surface area contributed by atoms with Crippen LogP contribution in [0.5, 0.6) is 0 Å². The Labute approximate surface area is 104 Å². The highest BCUT2D eigenvalue weighted by atomic mass is 32.2. The quantitative estimate of drug-likeness (QED) is 0.431. The average Bonchev–Trinajstić information content (AvgIpc) is 2.37. The van der Waals surface area contributed by atoms with Crippen LogP contribution in [0.1, 0.15) is 6.92 Å². The lowest BCUT2D eigenvalue weighted by Gasteiger charge is -2.29. The van der Waals surface area contributed by atoms with Crippen molar-refractivity contribution in [2.24, 2.45) is 10.2 Å².